The lowest BCUT2D eigenvalue weighted by Crippen LogP contribution is -2.46. The third-order valence-corrected chi connectivity index (χ3v) is 4.20. The van der Waals surface area contributed by atoms with Gasteiger partial charge in [-0.1, -0.05) is 0 Å². The summed E-state index contributed by atoms with van der Waals surface area (Å²) in [5.41, 5.74) is 7.45. The standard InChI is InChI=1S/C17H22N4O3/c1-23-15-3-4-16(21-6-2-5-19-21)13(9-15)11-20-7-8-24-12-14(20)10-17(18)22/h2-6,9,14H,7-8,10-12H2,1H3,(H2,18,22)/t14-/m1/s1. The first kappa shape index (κ1) is 16.5. The lowest BCUT2D eigenvalue weighted by Gasteiger charge is -2.35. The number of aromatic nitrogens is 2. The maximum Gasteiger partial charge on any atom is 0.219 e. The molecule has 0 unspecified atom stereocenters. The van der Waals surface area contributed by atoms with Gasteiger partial charge < -0.3 is 15.2 Å². The van der Waals surface area contributed by atoms with Gasteiger partial charge in [0, 0.05) is 37.9 Å². The molecule has 128 valence electrons. The van der Waals surface area contributed by atoms with Crippen molar-refractivity contribution in [1.82, 2.24) is 14.7 Å². The molecule has 1 aromatic heterocycles. The zero-order valence-corrected chi connectivity index (χ0v) is 13.7. The van der Waals surface area contributed by atoms with Crippen molar-refractivity contribution in [3.63, 3.8) is 0 Å². The van der Waals surface area contributed by atoms with E-state index in [-0.39, 0.29) is 11.9 Å². The average Bonchev–Trinajstić information content (AvgIpc) is 3.10. The number of hydrogen-bond acceptors (Lipinski definition) is 5. The monoisotopic (exact) mass is 330 g/mol. The molecule has 0 radical (unpaired) electrons. The van der Waals surface area contributed by atoms with E-state index in [0.29, 0.717) is 26.2 Å². The van der Waals surface area contributed by atoms with Crippen molar-refractivity contribution in [2.45, 2.75) is 19.0 Å². The number of morpholine rings is 1. The molecule has 3 rings (SSSR count). The van der Waals surface area contributed by atoms with Crippen molar-refractivity contribution < 1.29 is 14.3 Å². The molecule has 1 fully saturated rings. The van der Waals surface area contributed by atoms with Crippen LogP contribution in [-0.4, -0.2) is 53.5 Å². The molecule has 7 nitrogen and oxygen atoms in total. The smallest absolute Gasteiger partial charge is 0.219 e. The molecule has 1 aliphatic rings. The highest BCUT2D eigenvalue weighted by Gasteiger charge is 2.25. The van der Waals surface area contributed by atoms with Gasteiger partial charge in [0.1, 0.15) is 5.75 Å². The molecule has 2 heterocycles. The zero-order valence-electron chi connectivity index (χ0n) is 13.7. The molecular formula is C17H22N4O3. The minimum Gasteiger partial charge on any atom is -0.497 e. The van der Waals surface area contributed by atoms with Gasteiger partial charge in [0.15, 0.2) is 0 Å². The van der Waals surface area contributed by atoms with Crippen molar-refractivity contribution >= 4 is 5.91 Å². The number of ether oxygens (including phenoxy) is 2. The molecule has 0 bridgehead atoms. The van der Waals surface area contributed by atoms with Gasteiger partial charge in [0.25, 0.3) is 0 Å². The normalized spacial score (nSPS) is 18.5. The lowest BCUT2D eigenvalue weighted by molar-refractivity contribution is -0.121. The average molecular weight is 330 g/mol. The summed E-state index contributed by atoms with van der Waals surface area (Å²) < 4.78 is 12.7. The van der Waals surface area contributed by atoms with Gasteiger partial charge in [0.05, 0.1) is 26.0 Å². The Hall–Kier alpha value is -2.38. The summed E-state index contributed by atoms with van der Waals surface area (Å²) in [7, 11) is 1.65. The number of amides is 1. The largest absolute Gasteiger partial charge is 0.497 e. The number of rotatable bonds is 6. The van der Waals surface area contributed by atoms with Crippen LogP contribution in [0.5, 0.6) is 5.75 Å². The molecule has 1 aliphatic heterocycles. The van der Waals surface area contributed by atoms with Crippen molar-refractivity contribution in [3.05, 3.63) is 42.2 Å². The molecule has 0 spiro atoms. The van der Waals surface area contributed by atoms with Crippen LogP contribution in [0.15, 0.2) is 36.7 Å². The zero-order chi connectivity index (χ0) is 16.9. The predicted octanol–water partition coefficient (Wildman–Crippen LogP) is 0.957. The third-order valence-electron chi connectivity index (χ3n) is 4.20. The molecule has 0 saturated carbocycles. The van der Waals surface area contributed by atoms with Crippen molar-refractivity contribution in [1.29, 1.82) is 0 Å². The van der Waals surface area contributed by atoms with Gasteiger partial charge in [-0.2, -0.15) is 5.10 Å². The number of carbonyl (C=O) groups excluding carboxylic acids is 1. The van der Waals surface area contributed by atoms with Crippen LogP contribution in [0.3, 0.4) is 0 Å². The van der Waals surface area contributed by atoms with Crippen molar-refractivity contribution in [3.8, 4) is 11.4 Å². The third kappa shape index (κ3) is 3.74. The summed E-state index contributed by atoms with van der Waals surface area (Å²) in [6, 6.07) is 7.80. The first-order valence-corrected chi connectivity index (χ1v) is 7.94. The van der Waals surface area contributed by atoms with Crippen molar-refractivity contribution in [2.75, 3.05) is 26.9 Å². The van der Waals surface area contributed by atoms with E-state index in [0.717, 1.165) is 23.5 Å². The summed E-state index contributed by atoms with van der Waals surface area (Å²) in [5.74, 6) is 0.481. The van der Waals surface area contributed by atoms with E-state index in [1.807, 2.05) is 35.1 Å². The van der Waals surface area contributed by atoms with Gasteiger partial charge in [0.2, 0.25) is 5.91 Å². The Labute approximate surface area is 140 Å². The van der Waals surface area contributed by atoms with Crippen LogP contribution in [0, 0.1) is 0 Å². The van der Waals surface area contributed by atoms with Gasteiger partial charge in [-0.25, -0.2) is 4.68 Å². The van der Waals surface area contributed by atoms with Gasteiger partial charge in [-0.15, -0.1) is 0 Å². The van der Waals surface area contributed by atoms with E-state index in [4.69, 9.17) is 15.2 Å². The Morgan fingerprint density at radius 1 is 1.50 bits per heavy atom. The Morgan fingerprint density at radius 3 is 3.08 bits per heavy atom. The summed E-state index contributed by atoms with van der Waals surface area (Å²) in [4.78, 5) is 13.6. The quantitative estimate of drug-likeness (QED) is 0.853. The summed E-state index contributed by atoms with van der Waals surface area (Å²) in [5, 5.41) is 4.32. The van der Waals surface area contributed by atoms with E-state index in [2.05, 4.69) is 10.00 Å². The number of nitrogens with zero attached hydrogens (tertiary/aromatic N) is 3. The van der Waals surface area contributed by atoms with E-state index >= 15 is 0 Å². The van der Waals surface area contributed by atoms with Crippen molar-refractivity contribution in [2.24, 2.45) is 5.73 Å². The van der Waals surface area contributed by atoms with Crippen LogP contribution < -0.4 is 10.5 Å². The maximum atomic E-state index is 11.3. The van der Waals surface area contributed by atoms with Gasteiger partial charge in [-0.3, -0.25) is 9.69 Å². The number of methoxy groups -OCH3 is 1. The highest BCUT2D eigenvalue weighted by atomic mass is 16.5. The molecule has 2 N–H and O–H groups in total. The molecule has 1 aromatic carbocycles. The van der Waals surface area contributed by atoms with Gasteiger partial charge >= 0.3 is 0 Å². The molecule has 7 heteroatoms. The van der Waals surface area contributed by atoms with Crippen LogP contribution in [0.1, 0.15) is 12.0 Å². The first-order valence-electron chi connectivity index (χ1n) is 7.94. The topological polar surface area (TPSA) is 82.6 Å². The maximum absolute atomic E-state index is 11.3. The molecule has 1 atom stereocenters. The van der Waals surface area contributed by atoms with Crippen LogP contribution >= 0.6 is 0 Å². The second kappa shape index (κ2) is 7.46. The number of primary amides is 1. The van der Waals surface area contributed by atoms with Crippen LogP contribution in [-0.2, 0) is 16.1 Å². The molecule has 1 amide bonds. The highest BCUT2D eigenvalue weighted by molar-refractivity contribution is 5.74. The summed E-state index contributed by atoms with van der Waals surface area (Å²) in [6.45, 7) is 2.60. The van der Waals surface area contributed by atoms with Crippen LogP contribution in [0.2, 0.25) is 0 Å². The highest BCUT2D eigenvalue weighted by Crippen LogP contribution is 2.24. The van der Waals surface area contributed by atoms with Crippen LogP contribution in [0.4, 0.5) is 0 Å². The van der Waals surface area contributed by atoms with E-state index in [1.165, 1.54) is 0 Å². The second-order valence-corrected chi connectivity index (χ2v) is 5.81. The summed E-state index contributed by atoms with van der Waals surface area (Å²) in [6.07, 6.45) is 3.95. The minimum absolute atomic E-state index is 0.00655. The molecule has 2 aromatic rings. The van der Waals surface area contributed by atoms with Gasteiger partial charge in [-0.05, 0) is 29.8 Å². The van der Waals surface area contributed by atoms with Crippen LogP contribution in [0.25, 0.3) is 5.69 Å². The fraction of sp³-hybridized carbons (Fsp3) is 0.412. The lowest BCUT2D eigenvalue weighted by atomic mass is 10.1. The Morgan fingerprint density at radius 2 is 2.38 bits per heavy atom. The summed E-state index contributed by atoms with van der Waals surface area (Å²) >= 11 is 0. The van der Waals surface area contributed by atoms with E-state index in [9.17, 15) is 4.79 Å². The molecule has 24 heavy (non-hydrogen) atoms. The molecular weight excluding hydrogens is 308 g/mol. The minimum atomic E-state index is -0.312. The number of carbonyl (C=O) groups is 1. The van der Waals surface area contributed by atoms with E-state index < -0.39 is 0 Å². The SMILES string of the molecule is COc1ccc(-n2cccn2)c(CN2CCOC[C@H]2CC(N)=O)c1. The fourth-order valence-corrected chi connectivity index (χ4v) is 2.99. The number of hydrogen-bond donors (Lipinski definition) is 1. The van der Waals surface area contributed by atoms with E-state index in [1.54, 1.807) is 13.3 Å². The Bertz CT molecular complexity index is 687. The fourth-order valence-electron chi connectivity index (χ4n) is 2.99. The first-order chi connectivity index (χ1) is 11.7. The second-order valence-electron chi connectivity index (χ2n) is 5.81. The molecule has 0 aliphatic carbocycles. The number of nitrogens with two attached hydrogens (primary N) is 1. The molecule has 1 saturated heterocycles. The Kier molecular flexibility index (Phi) is 5.12. The number of benzene rings is 1. The Balaban J connectivity index is 1.88. The predicted molar refractivity (Wildman–Crippen MR) is 88.9 cm³/mol.